The van der Waals surface area contributed by atoms with Crippen molar-refractivity contribution in [2.24, 2.45) is 0 Å². The summed E-state index contributed by atoms with van der Waals surface area (Å²) in [6.45, 7) is 7.71. The van der Waals surface area contributed by atoms with E-state index in [0.29, 0.717) is 24.1 Å². The van der Waals surface area contributed by atoms with Crippen LogP contribution in [0.25, 0.3) is 10.2 Å². The Morgan fingerprint density at radius 2 is 1.72 bits per heavy atom. The first-order chi connectivity index (χ1) is 13.8. The van der Waals surface area contributed by atoms with Gasteiger partial charge in [-0.3, -0.25) is 9.78 Å². The minimum Gasteiger partial charge on any atom is -0.466 e. The fourth-order valence-corrected chi connectivity index (χ4v) is 4.49. The molecule has 0 saturated carbocycles. The molecule has 0 saturated heterocycles. The number of pyridine rings is 1. The number of carbonyl (C=O) groups is 1. The average molecular weight is 422 g/mol. The van der Waals surface area contributed by atoms with Gasteiger partial charge >= 0.3 is 5.97 Å². The lowest BCUT2D eigenvalue weighted by Crippen LogP contribution is -2.14. The topological polar surface area (TPSA) is 52.1 Å². The molecule has 2 aromatic heterocycles. The van der Waals surface area contributed by atoms with Crippen LogP contribution in [0.5, 0.6) is 0 Å². The summed E-state index contributed by atoms with van der Waals surface area (Å²) in [5.41, 5.74) is 3.83. The Hall–Kier alpha value is -2.48. The summed E-state index contributed by atoms with van der Waals surface area (Å²) in [5, 5.41) is 0.453. The zero-order chi connectivity index (χ0) is 21.3. The normalized spacial score (nSPS) is 11.3. The number of ether oxygens (including phenoxy) is 1. The summed E-state index contributed by atoms with van der Waals surface area (Å²) in [5.74, 6) is -3.58. The molecule has 2 heterocycles. The number of hydrogen-bond donors (Lipinski definition) is 0. The molecule has 0 unspecified atom stereocenters. The smallest absolute Gasteiger partial charge is 0.310 e. The molecule has 4 nitrogen and oxygen atoms in total. The van der Waals surface area contributed by atoms with Gasteiger partial charge in [-0.05, 0) is 43.9 Å². The largest absolute Gasteiger partial charge is 0.466 e. The van der Waals surface area contributed by atoms with Gasteiger partial charge < -0.3 is 4.74 Å². The standard InChI is InChI=1S/C21H21F3N2O2S/c1-5-12-13(10(3)25-11(4)14(12)8-18(27)28-6-2)7-17-26-20-19(24)15(22)9-16(23)21(20)29-17/h9H,5-8H2,1-4H3. The van der Waals surface area contributed by atoms with Gasteiger partial charge in [0.25, 0.3) is 0 Å². The van der Waals surface area contributed by atoms with Crippen LogP contribution in [0.15, 0.2) is 6.07 Å². The molecule has 0 aliphatic heterocycles. The summed E-state index contributed by atoms with van der Waals surface area (Å²) in [6, 6.07) is 0.535. The predicted molar refractivity (Wildman–Crippen MR) is 106 cm³/mol. The maximum atomic E-state index is 14.0. The number of thiazole rings is 1. The third-order valence-electron chi connectivity index (χ3n) is 4.80. The third-order valence-corrected chi connectivity index (χ3v) is 5.87. The first kappa shape index (κ1) is 21.2. The molecule has 0 radical (unpaired) electrons. The molecule has 0 amide bonds. The van der Waals surface area contributed by atoms with E-state index in [1.807, 2.05) is 20.8 Å². The zero-order valence-corrected chi connectivity index (χ0v) is 17.5. The van der Waals surface area contributed by atoms with Crippen molar-refractivity contribution in [1.29, 1.82) is 0 Å². The Morgan fingerprint density at radius 3 is 2.38 bits per heavy atom. The highest BCUT2D eigenvalue weighted by molar-refractivity contribution is 7.18. The molecule has 0 spiro atoms. The molecule has 8 heteroatoms. The molecule has 1 aromatic carbocycles. The summed E-state index contributed by atoms with van der Waals surface area (Å²) in [4.78, 5) is 20.7. The molecule has 0 aliphatic carbocycles. The molecule has 3 rings (SSSR count). The van der Waals surface area contributed by atoms with E-state index in [2.05, 4.69) is 9.97 Å². The van der Waals surface area contributed by atoms with Gasteiger partial charge in [0.1, 0.15) is 11.3 Å². The highest BCUT2D eigenvalue weighted by Gasteiger charge is 2.21. The number of aryl methyl sites for hydroxylation is 2. The van der Waals surface area contributed by atoms with E-state index in [4.69, 9.17) is 4.74 Å². The third kappa shape index (κ3) is 4.12. The van der Waals surface area contributed by atoms with Crippen molar-refractivity contribution in [1.82, 2.24) is 9.97 Å². The van der Waals surface area contributed by atoms with Gasteiger partial charge in [0.2, 0.25) is 0 Å². The highest BCUT2D eigenvalue weighted by Crippen LogP contribution is 2.32. The number of rotatable bonds is 6. The van der Waals surface area contributed by atoms with Gasteiger partial charge in [-0.25, -0.2) is 18.2 Å². The number of aromatic nitrogens is 2. The van der Waals surface area contributed by atoms with Crippen molar-refractivity contribution in [2.75, 3.05) is 6.61 Å². The second kappa shape index (κ2) is 8.49. The van der Waals surface area contributed by atoms with Crippen LogP contribution in [0.4, 0.5) is 13.2 Å². The number of halogens is 3. The van der Waals surface area contributed by atoms with Crippen molar-refractivity contribution in [3.8, 4) is 0 Å². The van der Waals surface area contributed by atoms with Crippen LogP contribution in [-0.2, 0) is 28.8 Å². The Morgan fingerprint density at radius 1 is 1.03 bits per heavy atom. The summed E-state index contributed by atoms with van der Waals surface area (Å²) >= 11 is 0.989. The van der Waals surface area contributed by atoms with Crippen LogP contribution < -0.4 is 0 Å². The monoisotopic (exact) mass is 422 g/mol. The molecular formula is C21H21F3N2O2S. The van der Waals surface area contributed by atoms with E-state index < -0.39 is 17.5 Å². The van der Waals surface area contributed by atoms with E-state index >= 15 is 0 Å². The lowest BCUT2D eigenvalue weighted by Gasteiger charge is -2.17. The van der Waals surface area contributed by atoms with Gasteiger partial charge in [0, 0.05) is 23.9 Å². The van der Waals surface area contributed by atoms with Crippen molar-refractivity contribution in [3.63, 3.8) is 0 Å². The molecule has 154 valence electrons. The van der Waals surface area contributed by atoms with Gasteiger partial charge in [-0.2, -0.15) is 0 Å². The fraction of sp³-hybridized carbons (Fsp3) is 0.381. The highest BCUT2D eigenvalue weighted by atomic mass is 32.1. The van der Waals surface area contributed by atoms with Gasteiger partial charge in [0.05, 0.1) is 22.7 Å². The van der Waals surface area contributed by atoms with E-state index in [0.717, 1.165) is 39.4 Å². The van der Waals surface area contributed by atoms with Crippen LogP contribution in [0.3, 0.4) is 0 Å². The molecule has 0 N–H and O–H groups in total. The molecule has 0 fully saturated rings. The molecule has 3 aromatic rings. The molecule has 29 heavy (non-hydrogen) atoms. The van der Waals surface area contributed by atoms with Crippen molar-refractivity contribution in [3.05, 3.63) is 56.6 Å². The first-order valence-corrected chi connectivity index (χ1v) is 10.1. The number of nitrogens with zero attached hydrogens (tertiary/aromatic N) is 2. The summed E-state index contributed by atoms with van der Waals surface area (Å²) in [6.07, 6.45) is 1.05. The maximum Gasteiger partial charge on any atom is 0.310 e. The van der Waals surface area contributed by atoms with E-state index in [9.17, 15) is 18.0 Å². The maximum absolute atomic E-state index is 14.0. The van der Waals surface area contributed by atoms with Crippen molar-refractivity contribution >= 4 is 27.5 Å². The van der Waals surface area contributed by atoms with Gasteiger partial charge in [-0.1, -0.05) is 6.92 Å². The summed E-state index contributed by atoms with van der Waals surface area (Å²) < 4.78 is 46.6. The average Bonchev–Trinajstić information content (AvgIpc) is 3.09. The SMILES string of the molecule is CCOC(=O)Cc1c(C)nc(C)c(Cc2nc3c(F)c(F)cc(F)c3s2)c1CC. The fourth-order valence-electron chi connectivity index (χ4n) is 3.51. The van der Waals surface area contributed by atoms with Crippen molar-refractivity contribution in [2.45, 2.75) is 47.0 Å². The molecule has 0 bridgehead atoms. The lowest BCUT2D eigenvalue weighted by atomic mass is 9.93. The van der Waals surface area contributed by atoms with Crippen LogP contribution in [-0.4, -0.2) is 22.5 Å². The van der Waals surface area contributed by atoms with Crippen LogP contribution in [0.1, 0.15) is 46.9 Å². The second-order valence-corrected chi connectivity index (χ2v) is 7.75. The van der Waals surface area contributed by atoms with E-state index in [1.165, 1.54) is 0 Å². The molecule has 0 aliphatic rings. The second-order valence-electron chi connectivity index (χ2n) is 6.67. The van der Waals surface area contributed by atoms with Gasteiger partial charge in [-0.15, -0.1) is 11.3 Å². The Balaban J connectivity index is 2.07. The van der Waals surface area contributed by atoms with Crippen LogP contribution in [0, 0.1) is 31.3 Å². The van der Waals surface area contributed by atoms with Crippen LogP contribution in [0.2, 0.25) is 0 Å². The molecular weight excluding hydrogens is 401 g/mol. The Kier molecular flexibility index (Phi) is 6.21. The van der Waals surface area contributed by atoms with E-state index in [-0.39, 0.29) is 29.0 Å². The zero-order valence-electron chi connectivity index (χ0n) is 16.7. The summed E-state index contributed by atoms with van der Waals surface area (Å²) in [7, 11) is 0. The minimum atomic E-state index is -1.26. The molecule has 0 atom stereocenters. The Labute approximate surface area is 170 Å². The predicted octanol–water partition coefficient (Wildman–Crippen LogP) is 4.98. The Bertz CT molecular complexity index is 1100. The minimum absolute atomic E-state index is 0.0126. The van der Waals surface area contributed by atoms with Crippen molar-refractivity contribution < 1.29 is 22.7 Å². The number of hydrogen-bond acceptors (Lipinski definition) is 5. The lowest BCUT2D eigenvalue weighted by molar-refractivity contribution is -0.142. The number of benzene rings is 1. The van der Waals surface area contributed by atoms with Gasteiger partial charge in [0.15, 0.2) is 11.6 Å². The van der Waals surface area contributed by atoms with Crippen LogP contribution >= 0.6 is 11.3 Å². The number of esters is 1. The first-order valence-electron chi connectivity index (χ1n) is 9.33. The number of carbonyl (C=O) groups excluding carboxylic acids is 1. The number of fused-ring (bicyclic) bond motifs is 1. The quantitative estimate of drug-likeness (QED) is 0.415. The van der Waals surface area contributed by atoms with E-state index in [1.54, 1.807) is 6.92 Å².